The van der Waals surface area contributed by atoms with Crippen molar-refractivity contribution in [1.29, 1.82) is 0 Å². The molecule has 0 atom stereocenters. The van der Waals surface area contributed by atoms with Gasteiger partial charge in [-0.05, 0) is 25.7 Å². The largest absolute Gasteiger partial charge is 0.369 e. The Morgan fingerprint density at radius 1 is 0.947 bits per heavy atom. The van der Waals surface area contributed by atoms with Crippen molar-refractivity contribution in [2.75, 3.05) is 6.54 Å². The number of fused-ring (bicyclic) bond motifs is 2. The van der Waals surface area contributed by atoms with Gasteiger partial charge in [0.25, 0.3) is 5.08 Å². The SMILES string of the molecule is O=P(O)(O)C(O)(CCN1C2CCC1CC2)P(=O)(O)O. The lowest BCUT2D eigenvalue weighted by atomic mass is 10.0. The maximum absolute atomic E-state index is 11.2. The molecule has 0 radical (unpaired) electrons. The predicted octanol–water partition coefficient (Wildman–Crippen LogP) is 0.00480. The van der Waals surface area contributed by atoms with Gasteiger partial charge in [-0.3, -0.25) is 14.0 Å². The third-order valence-electron chi connectivity index (χ3n) is 4.24. The molecule has 8 nitrogen and oxygen atoms in total. The van der Waals surface area contributed by atoms with E-state index in [1.54, 1.807) is 0 Å². The minimum Gasteiger partial charge on any atom is -0.367 e. The first-order valence-corrected chi connectivity index (χ1v) is 9.38. The molecule has 2 aliphatic heterocycles. The highest BCUT2D eigenvalue weighted by Crippen LogP contribution is 2.69. The third kappa shape index (κ3) is 2.69. The van der Waals surface area contributed by atoms with E-state index in [0.717, 1.165) is 25.7 Å². The summed E-state index contributed by atoms with van der Waals surface area (Å²) in [6, 6.07) is 0.616. The summed E-state index contributed by atoms with van der Waals surface area (Å²) >= 11 is 0. The summed E-state index contributed by atoms with van der Waals surface area (Å²) in [6.07, 6.45) is 3.35. The first kappa shape index (κ1) is 15.6. The average molecular weight is 315 g/mol. The molecule has 0 saturated carbocycles. The molecule has 0 aromatic rings. The van der Waals surface area contributed by atoms with Crippen LogP contribution in [-0.4, -0.2) is 53.3 Å². The molecule has 19 heavy (non-hydrogen) atoms. The zero-order chi connectivity index (χ0) is 14.5. The average Bonchev–Trinajstić information content (AvgIpc) is 2.81. The molecule has 112 valence electrons. The maximum atomic E-state index is 11.2. The molecule has 2 aliphatic rings. The van der Waals surface area contributed by atoms with Crippen LogP contribution >= 0.6 is 15.2 Å². The molecule has 0 aromatic heterocycles. The van der Waals surface area contributed by atoms with Crippen LogP contribution in [0.5, 0.6) is 0 Å². The molecule has 0 aromatic carbocycles. The molecule has 0 unspecified atom stereocenters. The normalized spacial score (nSPS) is 29.1. The van der Waals surface area contributed by atoms with Gasteiger partial charge in [0.15, 0.2) is 0 Å². The Kier molecular flexibility index (Phi) is 4.02. The fraction of sp³-hybridized carbons (Fsp3) is 1.00. The highest BCUT2D eigenvalue weighted by atomic mass is 31.2. The van der Waals surface area contributed by atoms with E-state index in [-0.39, 0.29) is 6.54 Å². The van der Waals surface area contributed by atoms with Crippen LogP contribution in [0, 0.1) is 0 Å². The van der Waals surface area contributed by atoms with Gasteiger partial charge in [-0.2, -0.15) is 0 Å². The Morgan fingerprint density at radius 2 is 1.32 bits per heavy atom. The summed E-state index contributed by atoms with van der Waals surface area (Å²) < 4.78 is 22.4. The molecule has 0 amide bonds. The van der Waals surface area contributed by atoms with Crippen LogP contribution in [0.4, 0.5) is 0 Å². The molecule has 2 fully saturated rings. The van der Waals surface area contributed by atoms with E-state index in [1.807, 2.05) is 4.90 Å². The summed E-state index contributed by atoms with van der Waals surface area (Å²) in [5, 5.41) is 6.51. The summed E-state index contributed by atoms with van der Waals surface area (Å²) in [5.74, 6) is 0. The zero-order valence-electron chi connectivity index (χ0n) is 10.3. The van der Waals surface area contributed by atoms with Crippen molar-refractivity contribution in [2.24, 2.45) is 0 Å². The Balaban J connectivity index is 2.11. The topological polar surface area (TPSA) is 139 Å². The minimum absolute atomic E-state index is 0.0854. The minimum atomic E-state index is -5.32. The fourth-order valence-corrected chi connectivity index (χ4v) is 5.27. The van der Waals surface area contributed by atoms with E-state index in [9.17, 15) is 14.2 Å². The molecule has 2 saturated heterocycles. The first-order chi connectivity index (χ1) is 8.56. The number of hydrogen-bond acceptors (Lipinski definition) is 4. The number of rotatable bonds is 5. The number of hydrogen-bond donors (Lipinski definition) is 5. The van der Waals surface area contributed by atoms with Crippen LogP contribution in [0.1, 0.15) is 32.1 Å². The molecule has 2 bridgehead atoms. The zero-order valence-corrected chi connectivity index (χ0v) is 12.1. The summed E-state index contributed by atoms with van der Waals surface area (Å²) in [5.41, 5.74) is 0. The molecule has 10 heteroatoms. The second-order valence-corrected chi connectivity index (χ2v) is 9.32. The maximum Gasteiger partial charge on any atom is 0.369 e. The van der Waals surface area contributed by atoms with Gasteiger partial charge in [0, 0.05) is 25.0 Å². The Labute approximate surface area is 110 Å². The standard InChI is InChI=1S/C9H19NO7P2/c11-9(18(12,13)14,19(15,16)17)5-6-10-7-1-2-8(10)4-3-7/h7-8,11H,1-6H2,(H2,12,13,14)(H2,15,16,17). The quantitative estimate of drug-likeness (QED) is 0.447. The monoisotopic (exact) mass is 315 g/mol. The van der Waals surface area contributed by atoms with Crippen LogP contribution < -0.4 is 0 Å². The van der Waals surface area contributed by atoms with Crippen molar-refractivity contribution in [3.63, 3.8) is 0 Å². The van der Waals surface area contributed by atoms with E-state index < -0.39 is 26.7 Å². The van der Waals surface area contributed by atoms with Gasteiger partial charge in [0.05, 0.1) is 0 Å². The van der Waals surface area contributed by atoms with Crippen LogP contribution in [0.2, 0.25) is 0 Å². The molecule has 5 N–H and O–H groups in total. The molecule has 0 spiro atoms. The highest BCUT2D eigenvalue weighted by Gasteiger charge is 2.59. The lowest BCUT2D eigenvalue weighted by Crippen LogP contribution is -2.37. The van der Waals surface area contributed by atoms with Gasteiger partial charge in [-0.15, -0.1) is 0 Å². The first-order valence-electron chi connectivity index (χ1n) is 6.16. The fourth-order valence-electron chi connectivity index (χ4n) is 3.12. The van der Waals surface area contributed by atoms with Gasteiger partial charge in [-0.25, -0.2) is 0 Å². The van der Waals surface area contributed by atoms with Crippen LogP contribution in [0.15, 0.2) is 0 Å². The smallest absolute Gasteiger partial charge is 0.367 e. The van der Waals surface area contributed by atoms with Crippen LogP contribution in [0.3, 0.4) is 0 Å². The summed E-state index contributed by atoms with van der Waals surface area (Å²) in [4.78, 5) is 38.2. The van der Waals surface area contributed by atoms with Crippen LogP contribution in [-0.2, 0) is 9.13 Å². The van der Waals surface area contributed by atoms with Gasteiger partial charge in [0.2, 0.25) is 0 Å². The number of aliphatic hydroxyl groups is 1. The van der Waals surface area contributed by atoms with Gasteiger partial charge < -0.3 is 24.7 Å². The molecule has 2 heterocycles. The summed E-state index contributed by atoms with van der Waals surface area (Å²) in [7, 11) is -10.6. The van der Waals surface area contributed by atoms with E-state index in [4.69, 9.17) is 19.6 Å². The Hall–Kier alpha value is 0.220. The molecular formula is C9H19NO7P2. The number of nitrogens with zero attached hydrogens (tertiary/aromatic N) is 1. The van der Waals surface area contributed by atoms with Crippen LogP contribution in [0.25, 0.3) is 0 Å². The van der Waals surface area contributed by atoms with E-state index in [0.29, 0.717) is 12.1 Å². The van der Waals surface area contributed by atoms with Crippen molar-refractivity contribution in [3.8, 4) is 0 Å². The van der Waals surface area contributed by atoms with E-state index >= 15 is 0 Å². The lowest BCUT2D eigenvalue weighted by Gasteiger charge is -2.32. The van der Waals surface area contributed by atoms with E-state index in [1.165, 1.54) is 0 Å². The highest BCUT2D eigenvalue weighted by molar-refractivity contribution is 7.72. The van der Waals surface area contributed by atoms with Gasteiger partial charge >= 0.3 is 15.2 Å². The second-order valence-electron chi connectivity index (χ2n) is 5.31. The predicted molar refractivity (Wildman–Crippen MR) is 66.4 cm³/mol. The van der Waals surface area contributed by atoms with Crippen molar-refractivity contribution in [1.82, 2.24) is 4.90 Å². The summed E-state index contributed by atoms with van der Waals surface area (Å²) in [6.45, 7) is 0.0854. The molecule has 0 aliphatic carbocycles. The van der Waals surface area contributed by atoms with E-state index in [2.05, 4.69) is 0 Å². The Morgan fingerprint density at radius 3 is 1.63 bits per heavy atom. The molecular weight excluding hydrogens is 296 g/mol. The van der Waals surface area contributed by atoms with Gasteiger partial charge in [0.1, 0.15) is 0 Å². The van der Waals surface area contributed by atoms with Crippen molar-refractivity contribution < 1.29 is 33.8 Å². The Bertz CT molecular complexity index is 402. The van der Waals surface area contributed by atoms with Crippen molar-refractivity contribution >= 4 is 15.2 Å². The van der Waals surface area contributed by atoms with Crippen molar-refractivity contribution in [2.45, 2.75) is 49.3 Å². The van der Waals surface area contributed by atoms with Gasteiger partial charge in [-0.1, -0.05) is 0 Å². The second kappa shape index (κ2) is 4.90. The third-order valence-corrected chi connectivity index (χ3v) is 8.12. The van der Waals surface area contributed by atoms with Crippen molar-refractivity contribution in [3.05, 3.63) is 0 Å². The molecule has 2 rings (SSSR count). The lowest BCUT2D eigenvalue weighted by molar-refractivity contribution is 0.105.